The highest BCUT2D eigenvalue weighted by molar-refractivity contribution is 5.94. The van der Waals surface area contributed by atoms with E-state index in [0.29, 0.717) is 12.1 Å². The molecule has 23 heavy (non-hydrogen) atoms. The highest BCUT2D eigenvalue weighted by atomic mass is 16.1. The van der Waals surface area contributed by atoms with Gasteiger partial charge in [-0.15, -0.1) is 0 Å². The Morgan fingerprint density at radius 1 is 1.22 bits per heavy atom. The second kappa shape index (κ2) is 8.29. The van der Waals surface area contributed by atoms with Gasteiger partial charge in [-0.2, -0.15) is 0 Å². The highest BCUT2D eigenvalue weighted by Gasteiger charge is 2.21. The summed E-state index contributed by atoms with van der Waals surface area (Å²) in [6.07, 6.45) is 8.39. The molecule has 0 bridgehead atoms. The van der Waals surface area contributed by atoms with Gasteiger partial charge in [-0.05, 0) is 37.8 Å². The van der Waals surface area contributed by atoms with Crippen LogP contribution in [0.4, 0.5) is 5.82 Å². The third-order valence-corrected chi connectivity index (χ3v) is 4.95. The number of anilines is 1. The second-order valence-electron chi connectivity index (χ2n) is 6.56. The average Bonchev–Trinajstić information content (AvgIpc) is 2.89. The zero-order valence-electron chi connectivity index (χ0n) is 14.5. The van der Waals surface area contributed by atoms with Gasteiger partial charge in [-0.25, -0.2) is 4.98 Å². The predicted molar refractivity (Wildman–Crippen MR) is 94.8 cm³/mol. The minimum absolute atomic E-state index is 0.100. The van der Waals surface area contributed by atoms with E-state index in [1.165, 1.54) is 25.7 Å². The van der Waals surface area contributed by atoms with Gasteiger partial charge in [-0.3, -0.25) is 4.79 Å². The van der Waals surface area contributed by atoms with Gasteiger partial charge in [0.1, 0.15) is 5.82 Å². The van der Waals surface area contributed by atoms with Crippen molar-refractivity contribution in [1.29, 1.82) is 0 Å². The molecule has 0 radical (unpaired) electrons. The maximum atomic E-state index is 12.2. The number of nitrogens with one attached hydrogen (secondary N) is 1. The van der Waals surface area contributed by atoms with Gasteiger partial charge in [0.15, 0.2) is 0 Å². The Bertz CT molecular complexity index is 488. The predicted octanol–water partition coefficient (Wildman–Crippen LogP) is 2.71. The van der Waals surface area contributed by atoms with E-state index < -0.39 is 0 Å². The summed E-state index contributed by atoms with van der Waals surface area (Å²) in [5.74, 6) is 0.871. The van der Waals surface area contributed by atoms with E-state index >= 15 is 0 Å². The molecule has 0 atom stereocenters. The lowest BCUT2D eigenvalue weighted by Gasteiger charge is -2.26. The summed E-state index contributed by atoms with van der Waals surface area (Å²) in [7, 11) is 0. The summed E-state index contributed by atoms with van der Waals surface area (Å²) >= 11 is 0. The molecule has 0 saturated carbocycles. The number of hydrogen-bond acceptors (Lipinski definition) is 4. The van der Waals surface area contributed by atoms with Crippen LogP contribution in [0.25, 0.3) is 0 Å². The smallest absolute Gasteiger partial charge is 0.252 e. The number of nitrogens with zero attached hydrogens (tertiary/aromatic N) is 2. The highest BCUT2D eigenvalue weighted by Crippen LogP contribution is 2.17. The SMILES string of the molecule is CCC(N)(CC)CNC(=O)c1ccc(N2CCCCCC2)nc1. The van der Waals surface area contributed by atoms with Crippen LogP contribution >= 0.6 is 0 Å². The molecule has 0 spiro atoms. The third-order valence-electron chi connectivity index (χ3n) is 4.95. The van der Waals surface area contributed by atoms with E-state index in [4.69, 9.17) is 5.73 Å². The van der Waals surface area contributed by atoms with Gasteiger partial charge in [0, 0.05) is 31.4 Å². The topological polar surface area (TPSA) is 71.2 Å². The van der Waals surface area contributed by atoms with E-state index in [9.17, 15) is 4.79 Å². The molecule has 1 fully saturated rings. The van der Waals surface area contributed by atoms with Crippen molar-refractivity contribution in [1.82, 2.24) is 10.3 Å². The molecule has 2 rings (SSSR count). The summed E-state index contributed by atoms with van der Waals surface area (Å²) < 4.78 is 0. The molecule has 0 aromatic carbocycles. The van der Waals surface area contributed by atoms with Crippen molar-refractivity contribution in [3.8, 4) is 0 Å². The summed E-state index contributed by atoms with van der Waals surface area (Å²) in [4.78, 5) is 19.0. The van der Waals surface area contributed by atoms with Crippen LogP contribution in [-0.4, -0.2) is 36.1 Å². The number of aromatic nitrogens is 1. The van der Waals surface area contributed by atoms with Crippen molar-refractivity contribution < 1.29 is 4.79 Å². The molecular weight excluding hydrogens is 288 g/mol. The molecule has 1 aliphatic rings. The van der Waals surface area contributed by atoms with Crippen molar-refractivity contribution in [2.45, 2.75) is 57.9 Å². The summed E-state index contributed by atoms with van der Waals surface area (Å²) in [6, 6.07) is 3.81. The summed E-state index contributed by atoms with van der Waals surface area (Å²) in [5, 5.41) is 2.93. The van der Waals surface area contributed by atoms with Crippen LogP contribution < -0.4 is 16.0 Å². The number of nitrogens with two attached hydrogens (primary N) is 1. The maximum Gasteiger partial charge on any atom is 0.252 e. The maximum absolute atomic E-state index is 12.2. The zero-order valence-corrected chi connectivity index (χ0v) is 14.5. The fourth-order valence-corrected chi connectivity index (χ4v) is 2.87. The molecule has 0 aliphatic carbocycles. The van der Waals surface area contributed by atoms with Gasteiger partial charge in [0.2, 0.25) is 0 Å². The summed E-state index contributed by atoms with van der Waals surface area (Å²) in [6.45, 7) is 6.70. The largest absolute Gasteiger partial charge is 0.357 e. The monoisotopic (exact) mass is 318 g/mol. The van der Waals surface area contributed by atoms with Gasteiger partial charge in [-0.1, -0.05) is 26.7 Å². The Morgan fingerprint density at radius 3 is 2.39 bits per heavy atom. The van der Waals surface area contributed by atoms with Crippen molar-refractivity contribution in [3.63, 3.8) is 0 Å². The molecule has 128 valence electrons. The lowest BCUT2D eigenvalue weighted by molar-refractivity contribution is 0.0942. The molecule has 5 heteroatoms. The minimum Gasteiger partial charge on any atom is -0.357 e. The zero-order chi connectivity index (χ0) is 16.7. The van der Waals surface area contributed by atoms with E-state index in [2.05, 4.69) is 15.2 Å². The van der Waals surface area contributed by atoms with E-state index in [1.807, 2.05) is 26.0 Å². The molecule has 5 nitrogen and oxygen atoms in total. The first-order valence-corrected chi connectivity index (χ1v) is 8.86. The molecular formula is C18H30N4O. The Kier molecular flexibility index (Phi) is 6.39. The molecule has 1 aromatic heterocycles. The minimum atomic E-state index is -0.324. The molecule has 0 unspecified atom stereocenters. The van der Waals surface area contributed by atoms with Gasteiger partial charge in [0.25, 0.3) is 5.91 Å². The summed E-state index contributed by atoms with van der Waals surface area (Å²) in [5.41, 5.74) is 6.49. The third kappa shape index (κ3) is 4.93. The number of carbonyl (C=O) groups excluding carboxylic acids is 1. The first-order chi connectivity index (χ1) is 11.1. The lowest BCUT2D eigenvalue weighted by Crippen LogP contribution is -2.49. The number of rotatable bonds is 6. The molecule has 3 N–H and O–H groups in total. The molecule has 1 aliphatic heterocycles. The van der Waals surface area contributed by atoms with Crippen LogP contribution in [0.3, 0.4) is 0 Å². The second-order valence-corrected chi connectivity index (χ2v) is 6.56. The van der Waals surface area contributed by atoms with Crippen molar-refractivity contribution in [2.24, 2.45) is 5.73 Å². The normalized spacial score (nSPS) is 16.0. The van der Waals surface area contributed by atoms with E-state index in [-0.39, 0.29) is 11.4 Å². The van der Waals surface area contributed by atoms with Gasteiger partial charge < -0.3 is 16.0 Å². The Hall–Kier alpha value is -1.62. The lowest BCUT2D eigenvalue weighted by atomic mass is 9.94. The number of carbonyl (C=O) groups is 1. The van der Waals surface area contributed by atoms with Gasteiger partial charge >= 0.3 is 0 Å². The Morgan fingerprint density at radius 2 is 1.87 bits per heavy atom. The van der Waals surface area contributed by atoms with Crippen LogP contribution in [0.15, 0.2) is 18.3 Å². The molecule has 1 amide bonds. The number of pyridine rings is 1. The molecule has 2 heterocycles. The molecule has 1 saturated heterocycles. The van der Waals surface area contributed by atoms with Crippen molar-refractivity contribution in [3.05, 3.63) is 23.9 Å². The fraction of sp³-hybridized carbons (Fsp3) is 0.667. The van der Waals surface area contributed by atoms with E-state index in [0.717, 1.165) is 31.7 Å². The van der Waals surface area contributed by atoms with Crippen LogP contribution in [-0.2, 0) is 0 Å². The quantitative estimate of drug-likeness (QED) is 0.846. The van der Waals surface area contributed by atoms with Crippen LogP contribution in [0.2, 0.25) is 0 Å². The number of hydrogen-bond donors (Lipinski definition) is 2. The average molecular weight is 318 g/mol. The number of amides is 1. The van der Waals surface area contributed by atoms with Crippen LogP contribution in [0, 0.1) is 0 Å². The van der Waals surface area contributed by atoms with Crippen LogP contribution in [0.5, 0.6) is 0 Å². The van der Waals surface area contributed by atoms with E-state index in [1.54, 1.807) is 6.20 Å². The first-order valence-electron chi connectivity index (χ1n) is 8.86. The Labute approximate surface area is 139 Å². The standard InChI is InChI=1S/C18H30N4O/c1-3-18(19,4-2)14-21-17(23)15-9-10-16(20-13-15)22-11-7-5-6-8-12-22/h9-10,13H,3-8,11-12,14,19H2,1-2H3,(H,21,23). The van der Waals surface area contributed by atoms with Gasteiger partial charge in [0.05, 0.1) is 5.56 Å². The molecule has 1 aromatic rings. The van der Waals surface area contributed by atoms with Crippen molar-refractivity contribution in [2.75, 3.05) is 24.5 Å². The fourth-order valence-electron chi connectivity index (χ4n) is 2.87. The Balaban J connectivity index is 1.94. The van der Waals surface area contributed by atoms with Crippen molar-refractivity contribution >= 4 is 11.7 Å². The first kappa shape index (κ1) is 17.7. The van der Waals surface area contributed by atoms with Crippen LogP contribution in [0.1, 0.15) is 62.7 Å².